The molecule has 0 spiro atoms. The van der Waals surface area contributed by atoms with Crippen LogP contribution in [0, 0.1) is 0 Å². The summed E-state index contributed by atoms with van der Waals surface area (Å²) in [6, 6.07) is 20.6. The average Bonchev–Trinajstić information content (AvgIpc) is 2.78. The normalized spacial score (nSPS) is 10.7. The predicted molar refractivity (Wildman–Crippen MR) is 115 cm³/mol. The Morgan fingerprint density at radius 3 is 2.38 bits per heavy atom. The summed E-state index contributed by atoms with van der Waals surface area (Å²) in [5.41, 5.74) is 3.82. The van der Waals surface area contributed by atoms with E-state index >= 15 is 0 Å². The van der Waals surface area contributed by atoms with Crippen LogP contribution in [0.15, 0.2) is 88.8 Å². The van der Waals surface area contributed by atoms with Gasteiger partial charge in [-0.15, -0.1) is 0 Å². The summed E-state index contributed by atoms with van der Waals surface area (Å²) in [7, 11) is 1.61. The van der Waals surface area contributed by atoms with Gasteiger partial charge in [0.2, 0.25) is 0 Å². The van der Waals surface area contributed by atoms with E-state index in [4.69, 9.17) is 13.9 Å². The van der Waals surface area contributed by atoms with Gasteiger partial charge in [-0.3, -0.25) is 4.79 Å². The highest BCUT2D eigenvalue weighted by Crippen LogP contribution is 2.25. The van der Waals surface area contributed by atoms with Gasteiger partial charge in [0.1, 0.15) is 30.0 Å². The number of ether oxygens (including phenoxy) is 2. The van der Waals surface area contributed by atoms with E-state index in [1.807, 2.05) is 48.5 Å². The molecule has 0 N–H and O–H groups in total. The Balaban J connectivity index is 1.57. The van der Waals surface area contributed by atoms with Crippen LogP contribution in [0.3, 0.4) is 0 Å². The van der Waals surface area contributed by atoms with Gasteiger partial charge in [0, 0.05) is 6.07 Å². The Hall–Kier alpha value is -3.79. The van der Waals surface area contributed by atoms with E-state index in [2.05, 4.69) is 6.58 Å². The first-order valence-corrected chi connectivity index (χ1v) is 9.22. The lowest BCUT2D eigenvalue weighted by Gasteiger charge is -2.08. The highest BCUT2D eigenvalue weighted by atomic mass is 16.5. The summed E-state index contributed by atoms with van der Waals surface area (Å²) in [6.07, 6.45) is 3.29. The zero-order valence-electron chi connectivity index (χ0n) is 16.1. The topological polar surface area (TPSA) is 48.7 Å². The smallest absolute Gasteiger partial charge is 0.200 e. The van der Waals surface area contributed by atoms with Crippen LogP contribution in [-0.4, -0.2) is 7.11 Å². The van der Waals surface area contributed by atoms with Gasteiger partial charge < -0.3 is 13.9 Å². The molecule has 0 aliphatic carbocycles. The second kappa shape index (κ2) is 8.07. The molecule has 0 bridgehead atoms. The third kappa shape index (κ3) is 3.92. The van der Waals surface area contributed by atoms with Gasteiger partial charge in [0.25, 0.3) is 0 Å². The van der Waals surface area contributed by atoms with Gasteiger partial charge in [-0.25, -0.2) is 0 Å². The Labute approximate surface area is 168 Å². The third-order valence-corrected chi connectivity index (χ3v) is 4.77. The van der Waals surface area contributed by atoms with E-state index < -0.39 is 0 Å². The second-order valence-corrected chi connectivity index (χ2v) is 6.60. The van der Waals surface area contributed by atoms with Crippen molar-refractivity contribution >= 4 is 17.0 Å². The maximum Gasteiger partial charge on any atom is 0.200 e. The summed E-state index contributed by atoms with van der Waals surface area (Å²) in [4.78, 5) is 12.9. The minimum atomic E-state index is -0.0806. The van der Waals surface area contributed by atoms with Crippen molar-refractivity contribution in [1.29, 1.82) is 0 Å². The van der Waals surface area contributed by atoms with Crippen LogP contribution in [0.2, 0.25) is 0 Å². The first-order valence-electron chi connectivity index (χ1n) is 9.22. The molecule has 0 saturated heterocycles. The summed E-state index contributed by atoms with van der Waals surface area (Å²) in [6.45, 7) is 4.18. The Morgan fingerprint density at radius 1 is 0.966 bits per heavy atom. The van der Waals surface area contributed by atoms with E-state index in [1.165, 1.54) is 6.26 Å². The lowest BCUT2D eigenvalue weighted by molar-refractivity contribution is 0.306. The molecule has 1 aromatic heterocycles. The van der Waals surface area contributed by atoms with Crippen molar-refractivity contribution in [3.05, 3.63) is 101 Å². The molecular weight excluding hydrogens is 364 g/mol. The summed E-state index contributed by atoms with van der Waals surface area (Å²) < 4.78 is 16.8. The average molecular weight is 384 g/mol. The molecule has 0 aliphatic heterocycles. The van der Waals surface area contributed by atoms with Gasteiger partial charge >= 0.3 is 0 Å². The number of hydrogen-bond donors (Lipinski definition) is 0. The van der Waals surface area contributed by atoms with E-state index in [1.54, 1.807) is 31.4 Å². The van der Waals surface area contributed by atoms with Crippen molar-refractivity contribution in [2.75, 3.05) is 7.11 Å². The number of benzene rings is 3. The Bertz CT molecular complexity index is 1200. The molecular formula is C25H20O4. The van der Waals surface area contributed by atoms with Crippen molar-refractivity contribution in [2.45, 2.75) is 6.61 Å². The molecule has 1 heterocycles. The molecule has 0 unspecified atom stereocenters. The van der Waals surface area contributed by atoms with E-state index in [0.29, 0.717) is 28.9 Å². The fourth-order valence-electron chi connectivity index (χ4n) is 3.08. The Morgan fingerprint density at radius 2 is 1.69 bits per heavy atom. The molecule has 0 atom stereocenters. The van der Waals surface area contributed by atoms with Gasteiger partial charge in [0.15, 0.2) is 5.43 Å². The van der Waals surface area contributed by atoms with Crippen LogP contribution in [0.5, 0.6) is 11.5 Å². The number of hydrogen-bond acceptors (Lipinski definition) is 4. The minimum absolute atomic E-state index is 0.0806. The standard InChI is InChI=1S/C25H20O4/c1-3-17-4-6-18(7-5-17)15-28-21-12-13-22-24(14-21)29-16-23(25(22)26)19-8-10-20(27-2)11-9-19/h3-14,16H,1,15H2,2H3. The molecule has 4 heteroatoms. The highest BCUT2D eigenvalue weighted by Gasteiger charge is 2.10. The van der Waals surface area contributed by atoms with E-state index in [-0.39, 0.29) is 5.43 Å². The van der Waals surface area contributed by atoms with Crippen LogP contribution in [0.4, 0.5) is 0 Å². The van der Waals surface area contributed by atoms with Gasteiger partial charge in [0.05, 0.1) is 18.1 Å². The molecule has 3 aromatic carbocycles. The first kappa shape index (κ1) is 18.6. The number of fused-ring (bicyclic) bond motifs is 1. The van der Waals surface area contributed by atoms with Crippen molar-refractivity contribution in [3.63, 3.8) is 0 Å². The quantitative estimate of drug-likeness (QED) is 0.428. The molecule has 0 aliphatic rings. The van der Waals surface area contributed by atoms with Crippen LogP contribution in [0.25, 0.3) is 28.2 Å². The lowest BCUT2D eigenvalue weighted by atomic mass is 10.1. The minimum Gasteiger partial charge on any atom is -0.497 e. The highest BCUT2D eigenvalue weighted by molar-refractivity contribution is 5.82. The zero-order valence-corrected chi connectivity index (χ0v) is 16.1. The SMILES string of the molecule is C=Cc1ccc(COc2ccc3c(=O)c(-c4ccc(OC)cc4)coc3c2)cc1. The predicted octanol–water partition coefficient (Wildman–Crippen LogP) is 5.69. The molecule has 0 fully saturated rings. The monoisotopic (exact) mass is 384 g/mol. The summed E-state index contributed by atoms with van der Waals surface area (Å²) in [5, 5.41) is 0.515. The van der Waals surface area contributed by atoms with Crippen LogP contribution < -0.4 is 14.9 Å². The fraction of sp³-hybridized carbons (Fsp3) is 0.0800. The third-order valence-electron chi connectivity index (χ3n) is 4.77. The van der Waals surface area contributed by atoms with Crippen molar-refractivity contribution < 1.29 is 13.9 Å². The molecule has 144 valence electrons. The second-order valence-electron chi connectivity index (χ2n) is 6.60. The maximum atomic E-state index is 12.9. The molecule has 0 amide bonds. The van der Waals surface area contributed by atoms with Crippen molar-refractivity contribution in [3.8, 4) is 22.6 Å². The molecule has 4 rings (SSSR count). The van der Waals surface area contributed by atoms with Gasteiger partial charge in [-0.2, -0.15) is 0 Å². The molecule has 0 radical (unpaired) electrons. The summed E-state index contributed by atoms with van der Waals surface area (Å²) >= 11 is 0. The zero-order chi connectivity index (χ0) is 20.2. The fourth-order valence-corrected chi connectivity index (χ4v) is 3.08. The van der Waals surface area contributed by atoms with Gasteiger partial charge in [-0.05, 0) is 41.0 Å². The van der Waals surface area contributed by atoms with Crippen LogP contribution in [-0.2, 0) is 6.61 Å². The molecule has 4 nitrogen and oxygen atoms in total. The Kier molecular flexibility index (Phi) is 5.16. The van der Waals surface area contributed by atoms with E-state index in [9.17, 15) is 4.79 Å². The van der Waals surface area contributed by atoms with Crippen molar-refractivity contribution in [2.24, 2.45) is 0 Å². The molecule has 4 aromatic rings. The maximum absolute atomic E-state index is 12.9. The van der Waals surface area contributed by atoms with Crippen molar-refractivity contribution in [1.82, 2.24) is 0 Å². The van der Waals surface area contributed by atoms with E-state index in [0.717, 1.165) is 22.4 Å². The number of rotatable bonds is 6. The molecule has 0 saturated carbocycles. The summed E-state index contributed by atoms with van der Waals surface area (Å²) in [5.74, 6) is 1.38. The van der Waals surface area contributed by atoms with Crippen LogP contribution in [0.1, 0.15) is 11.1 Å². The van der Waals surface area contributed by atoms with Gasteiger partial charge in [-0.1, -0.05) is 49.1 Å². The largest absolute Gasteiger partial charge is 0.497 e. The first-order chi connectivity index (χ1) is 14.2. The molecule has 29 heavy (non-hydrogen) atoms. The number of methoxy groups -OCH3 is 1. The lowest BCUT2D eigenvalue weighted by Crippen LogP contribution is -2.05. The van der Waals surface area contributed by atoms with Crippen LogP contribution >= 0.6 is 0 Å².